The van der Waals surface area contributed by atoms with Crippen molar-refractivity contribution >= 4 is 23.8 Å². The maximum atomic E-state index is 13.8. The first kappa shape index (κ1) is 54.3. The third-order valence-corrected chi connectivity index (χ3v) is 13.7. The number of nitrogens with one attached hydrogen (secondary N) is 3. The van der Waals surface area contributed by atoms with Crippen LogP contribution in [0, 0.1) is 12.8 Å². The molecule has 1 saturated carbocycles. The maximum Gasteiger partial charge on any atom is 0.342 e. The third-order valence-electron chi connectivity index (χ3n) is 13.7. The van der Waals surface area contributed by atoms with Crippen molar-refractivity contribution < 1.29 is 73.1 Å². The normalized spacial score (nSPS) is 30.8. The minimum atomic E-state index is -1.49. The van der Waals surface area contributed by atoms with E-state index in [0.717, 1.165) is 11.1 Å². The Balaban J connectivity index is 1.06. The first-order valence-electron chi connectivity index (χ1n) is 23.6. The number of aliphatic hydroxyl groups is 3. The van der Waals surface area contributed by atoms with Crippen LogP contribution in [0.1, 0.15) is 101 Å². The molecule has 6 rings (SSSR count). The summed E-state index contributed by atoms with van der Waals surface area (Å²) in [5, 5.41) is 63.5. The number of cyclic esters (lactones) is 1. The Hall–Kier alpha value is -5.04. The van der Waals surface area contributed by atoms with Gasteiger partial charge in [0.05, 0.1) is 43.9 Å². The van der Waals surface area contributed by atoms with E-state index in [0.29, 0.717) is 35.3 Å². The first-order chi connectivity index (χ1) is 33.2. The number of phenolic OH excluding ortho intramolecular Hbond substituents is 1. The number of phenols is 1. The standard InChI is InChI=1S/C49H70N6O15/c1-23(7-13-30-36(56)35-31(21-66-46(35)63)25(3)39(30)65-6)17-28(45(61)62)18-24(2)15-16-54-43(59)26-8-10-27(11-9-26)44(60)55-34-19-33(52)40(69-47-32(51)14-12-29(20-50)68-47)37(57)41(34)70-48-38(58)42(53-5)49(4,64)22-67-48/h7-11,15,28-29,32-34,37-38,40-42,47-48,53,56-58,64H,12-14,16-22,50-52H2,1-6H3,(H,54,59)(H,55,60)(H,61,62)/b23-7+,24-15+/t28?,29?,32-,33?,34+,37-,38+,40+,41?,42?,47+,48+,49-/m0/s1. The van der Waals surface area contributed by atoms with Gasteiger partial charge in [0.25, 0.3) is 11.8 Å². The number of hydrogen-bond acceptors (Lipinski definition) is 18. The molecule has 2 aromatic rings. The number of aliphatic hydroxyl groups excluding tert-OH is 2. The van der Waals surface area contributed by atoms with Crippen molar-refractivity contribution in [1.82, 2.24) is 16.0 Å². The predicted molar refractivity (Wildman–Crippen MR) is 253 cm³/mol. The number of carbonyl (C=O) groups excluding carboxylic acids is 3. The van der Waals surface area contributed by atoms with Crippen LogP contribution in [0.5, 0.6) is 11.5 Å². The van der Waals surface area contributed by atoms with Crippen molar-refractivity contribution in [2.45, 2.75) is 146 Å². The Morgan fingerprint density at radius 2 is 1.60 bits per heavy atom. The summed E-state index contributed by atoms with van der Waals surface area (Å²) >= 11 is 0. The van der Waals surface area contributed by atoms with E-state index in [-0.39, 0.29) is 80.5 Å². The number of amides is 2. The van der Waals surface area contributed by atoms with Gasteiger partial charge < -0.3 is 87.1 Å². The molecule has 14 N–H and O–H groups in total. The molecule has 70 heavy (non-hydrogen) atoms. The summed E-state index contributed by atoms with van der Waals surface area (Å²) in [5.41, 5.74) is 21.0. The zero-order valence-electron chi connectivity index (χ0n) is 40.5. The number of carboxylic acids is 1. The van der Waals surface area contributed by atoms with E-state index in [4.69, 9.17) is 45.6 Å². The minimum Gasteiger partial charge on any atom is -0.507 e. The van der Waals surface area contributed by atoms with Gasteiger partial charge in [0.15, 0.2) is 12.6 Å². The lowest BCUT2D eigenvalue weighted by Crippen LogP contribution is -2.69. The molecule has 21 heteroatoms. The number of esters is 1. The summed E-state index contributed by atoms with van der Waals surface area (Å²) in [7, 11) is 3.04. The molecule has 1 aliphatic carbocycles. The summed E-state index contributed by atoms with van der Waals surface area (Å²) in [6.07, 6.45) is -2.41. The summed E-state index contributed by atoms with van der Waals surface area (Å²) in [4.78, 5) is 51.6. The molecule has 2 amide bonds. The van der Waals surface area contributed by atoms with Gasteiger partial charge in [-0.2, -0.15) is 0 Å². The van der Waals surface area contributed by atoms with Crippen LogP contribution in [0.3, 0.4) is 0 Å². The van der Waals surface area contributed by atoms with Gasteiger partial charge in [-0.3, -0.25) is 14.4 Å². The second kappa shape index (κ2) is 23.5. The highest BCUT2D eigenvalue weighted by molar-refractivity contribution is 5.98. The van der Waals surface area contributed by atoms with Crippen molar-refractivity contribution in [3.8, 4) is 11.5 Å². The number of aromatic hydroxyl groups is 1. The topological polar surface area (TPSA) is 339 Å². The summed E-state index contributed by atoms with van der Waals surface area (Å²) in [5.74, 6) is -3.18. The molecular weight excluding hydrogens is 913 g/mol. The number of rotatable bonds is 19. The van der Waals surface area contributed by atoms with Crippen molar-refractivity contribution in [1.29, 1.82) is 0 Å². The minimum absolute atomic E-state index is 0.0459. The van der Waals surface area contributed by atoms with E-state index in [1.54, 1.807) is 40.0 Å². The van der Waals surface area contributed by atoms with Crippen LogP contribution in [0.25, 0.3) is 0 Å². The molecule has 4 aliphatic rings. The quantitative estimate of drug-likeness (QED) is 0.0676. The monoisotopic (exact) mass is 982 g/mol. The molecule has 21 nitrogen and oxygen atoms in total. The predicted octanol–water partition coefficient (Wildman–Crippen LogP) is 0.534. The molecule has 2 saturated heterocycles. The van der Waals surface area contributed by atoms with E-state index >= 15 is 0 Å². The van der Waals surface area contributed by atoms with Crippen molar-refractivity contribution in [3.63, 3.8) is 0 Å². The van der Waals surface area contributed by atoms with E-state index in [9.17, 15) is 44.7 Å². The number of ether oxygens (including phenoxy) is 6. The Morgan fingerprint density at radius 3 is 2.23 bits per heavy atom. The number of methoxy groups -OCH3 is 1. The smallest absolute Gasteiger partial charge is 0.342 e. The van der Waals surface area contributed by atoms with E-state index in [2.05, 4.69) is 16.0 Å². The number of carboxylic acid groups (broad SMARTS) is 1. The summed E-state index contributed by atoms with van der Waals surface area (Å²) in [6, 6.07) is 2.67. The van der Waals surface area contributed by atoms with Crippen LogP contribution in [0.4, 0.5) is 0 Å². The second-order valence-corrected chi connectivity index (χ2v) is 19.0. The number of carbonyl (C=O) groups is 4. The van der Waals surface area contributed by atoms with Crippen molar-refractivity contribution in [3.05, 3.63) is 80.9 Å². The first-order valence-corrected chi connectivity index (χ1v) is 23.6. The molecule has 386 valence electrons. The zero-order valence-corrected chi connectivity index (χ0v) is 40.5. The van der Waals surface area contributed by atoms with Gasteiger partial charge in [0, 0.05) is 41.4 Å². The van der Waals surface area contributed by atoms with E-state index in [1.165, 1.54) is 38.3 Å². The molecule has 2 aromatic carbocycles. The average Bonchev–Trinajstić information content (AvgIpc) is 3.72. The number of fused-ring (bicyclic) bond motifs is 1. The number of nitrogens with two attached hydrogens (primary N) is 3. The second-order valence-electron chi connectivity index (χ2n) is 19.0. The summed E-state index contributed by atoms with van der Waals surface area (Å²) < 4.78 is 34.8. The molecule has 0 bridgehead atoms. The van der Waals surface area contributed by atoms with Crippen molar-refractivity contribution in [2.24, 2.45) is 23.1 Å². The average molecular weight is 983 g/mol. The van der Waals surface area contributed by atoms with Crippen LogP contribution in [0.15, 0.2) is 47.6 Å². The highest BCUT2D eigenvalue weighted by Gasteiger charge is 2.52. The number of hydrogen-bond donors (Lipinski definition) is 11. The van der Waals surface area contributed by atoms with Crippen LogP contribution in [-0.4, -0.2) is 156 Å². The molecular formula is C49H70N6O15. The van der Waals surface area contributed by atoms with Crippen LogP contribution in [-0.2, 0) is 41.5 Å². The highest BCUT2D eigenvalue weighted by atomic mass is 16.7. The Morgan fingerprint density at radius 1 is 0.957 bits per heavy atom. The molecule has 3 fully saturated rings. The van der Waals surface area contributed by atoms with Gasteiger partial charge in [-0.25, -0.2) is 4.79 Å². The maximum absolute atomic E-state index is 13.8. The van der Waals surface area contributed by atoms with E-state index < -0.39 is 96.4 Å². The highest BCUT2D eigenvalue weighted by Crippen LogP contribution is 2.42. The van der Waals surface area contributed by atoms with Gasteiger partial charge in [-0.1, -0.05) is 23.3 Å². The fraction of sp³-hybridized carbons (Fsp3) is 0.592. The molecule has 13 atom stereocenters. The fourth-order valence-electron chi connectivity index (χ4n) is 9.73. The van der Waals surface area contributed by atoms with Crippen LogP contribution >= 0.6 is 0 Å². The Kier molecular flexibility index (Phi) is 18.2. The number of aliphatic carboxylic acids is 1. The zero-order chi connectivity index (χ0) is 51.2. The molecule has 0 spiro atoms. The third kappa shape index (κ3) is 12.3. The van der Waals surface area contributed by atoms with Gasteiger partial charge in [-0.05, 0) is 103 Å². The summed E-state index contributed by atoms with van der Waals surface area (Å²) in [6.45, 7) is 7.04. The molecule has 3 heterocycles. The van der Waals surface area contributed by atoms with Gasteiger partial charge in [-0.15, -0.1) is 0 Å². The van der Waals surface area contributed by atoms with Crippen LogP contribution in [0.2, 0.25) is 0 Å². The molecule has 0 aromatic heterocycles. The van der Waals surface area contributed by atoms with Gasteiger partial charge in [0.1, 0.15) is 53.7 Å². The van der Waals surface area contributed by atoms with Crippen LogP contribution < -0.4 is 37.9 Å². The molecule has 3 aliphatic heterocycles. The Bertz CT molecular complexity index is 2270. The van der Waals surface area contributed by atoms with Crippen molar-refractivity contribution in [2.75, 3.05) is 33.9 Å². The SMILES string of the molecule is CNC1[C@@H](O)[C@@H](OC2[C@@H](O)[C@H](O[C@H]3OC(CN)CC[C@@H]3N)C(N)C[C@H]2NC(=O)c2ccc(C(=O)NC/C=C(\C)CC(C/C(C)=C/Cc3c(O)c4c(c(C)c3OC)COC4=O)C(=O)O)cc2)OC[C@]1(C)O. The molecule has 0 radical (unpaired) electrons. The van der Waals surface area contributed by atoms with Gasteiger partial charge in [0.2, 0.25) is 0 Å². The van der Waals surface area contributed by atoms with Gasteiger partial charge >= 0.3 is 11.9 Å². The lowest BCUT2D eigenvalue weighted by Gasteiger charge is -2.49. The number of benzene rings is 2. The van der Waals surface area contributed by atoms with E-state index in [1.807, 2.05) is 0 Å². The lowest BCUT2D eigenvalue weighted by atomic mass is 9.83. The number of allylic oxidation sites excluding steroid dienone is 3. The lowest BCUT2D eigenvalue weighted by molar-refractivity contribution is -0.307. The molecule has 5 unspecified atom stereocenters. The Labute approximate surface area is 407 Å². The number of likely N-dealkylation sites (N-methyl/N-ethyl adjacent to an activating group) is 1. The largest absolute Gasteiger partial charge is 0.507 e. The fourth-order valence-corrected chi connectivity index (χ4v) is 9.73.